The number of amides is 1. The number of ether oxygens (including phenoxy) is 1. The molecular weight excluding hydrogens is 282 g/mol. The number of unbranched alkanes of at least 4 members (excludes halogenated alkanes) is 4. The zero-order chi connectivity index (χ0) is 16.4. The lowest BCUT2D eigenvalue weighted by molar-refractivity contribution is -0.137. The Morgan fingerprint density at radius 1 is 1.14 bits per heavy atom. The standard InChI is InChI=1S/C17H31NO4/c1-13-12-14(22-2)9-10-15(13)17(21)18-11-7-5-3-4-6-8-16(19)20/h13-15H,3-12H2,1-2H3,(H,18,21)(H,19,20). The van der Waals surface area contributed by atoms with E-state index in [-0.39, 0.29) is 18.2 Å². The Balaban J connectivity index is 2.05. The lowest BCUT2D eigenvalue weighted by Gasteiger charge is -2.32. The Morgan fingerprint density at radius 2 is 1.82 bits per heavy atom. The van der Waals surface area contributed by atoms with Gasteiger partial charge in [0, 0.05) is 26.0 Å². The lowest BCUT2D eigenvalue weighted by Crippen LogP contribution is -2.39. The van der Waals surface area contributed by atoms with Crippen LogP contribution in [0.3, 0.4) is 0 Å². The molecule has 0 aromatic heterocycles. The normalized spacial score (nSPS) is 24.9. The van der Waals surface area contributed by atoms with Crippen molar-refractivity contribution in [2.45, 2.75) is 70.8 Å². The lowest BCUT2D eigenvalue weighted by atomic mass is 9.78. The van der Waals surface area contributed by atoms with Crippen molar-refractivity contribution in [3.63, 3.8) is 0 Å². The molecule has 1 amide bonds. The first-order valence-corrected chi connectivity index (χ1v) is 8.57. The summed E-state index contributed by atoms with van der Waals surface area (Å²) in [6.07, 6.45) is 8.20. The zero-order valence-corrected chi connectivity index (χ0v) is 14.0. The first-order chi connectivity index (χ1) is 10.5. The van der Waals surface area contributed by atoms with Gasteiger partial charge in [-0.15, -0.1) is 0 Å². The molecule has 1 rings (SSSR count). The molecule has 0 heterocycles. The number of aliphatic carboxylic acids is 1. The first kappa shape index (κ1) is 18.9. The van der Waals surface area contributed by atoms with Crippen molar-refractivity contribution in [3.05, 3.63) is 0 Å². The fourth-order valence-electron chi connectivity index (χ4n) is 3.22. The molecule has 0 bridgehead atoms. The van der Waals surface area contributed by atoms with Gasteiger partial charge >= 0.3 is 5.97 Å². The van der Waals surface area contributed by atoms with Crippen molar-refractivity contribution in [2.24, 2.45) is 11.8 Å². The van der Waals surface area contributed by atoms with E-state index in [0.29, 0.717) is 12.0 Å². The number of carbonyl (C=O) groups excluding carboxylic acids is 1. The molecule has 0 saturated heterocycles. The Kier molecular flexibility index (Phi) is 9.13. The molecule has 2 N–H and O–H groups in total. The topological polar surface area (TPSA) is 75.6 Å². The van der Waals surface area contributed by atoms with E-state index in [1.165, 1.54) is 0 Å². The third-order valence-electron chi connectivity index (χ3n) is 4.66. The van der Waals surface area contributed by atoms with Crippen LogP contribution in [0.1, 0.15) is 64.7 Å². The second-order valence-electron chi connectivity index (χ2n) is 6.46. The van der Waals surface area contributed by atoms with Gasteiger partial charge in [0.2, 0.25) is 5.91 Å². The summed E-state index contributed by atoms with van der Waals surface area (Å²) >= 11 is 0. The molecule has 0 aromatic rings. The van der Waals surface area contributed by atoms with E-state index in [2.05, 4.69) is 12.2 Å². The van der Waals surface area contributed by atoms with Crippen LogP contribution in [0.2, 0.25) is 0 Å². The van der Waals surface area contributed by atoms with Crippen molar-refractivity contribution >= 4 is 11.9 Å². The summed E-state index contributed by atoms with van der Waals surface area (Å²) in [5.41, 5.74) is 0. The van der Waals surface area contributed by atoms with Gasteiger partial charge in [0.05, 0.1) is 6.10 Å². The number of methoxy groups -OCH3 is 1. The van der Waals surface area contributed by atoms with Crippen molar-refractivity contribution in [1.29, 1.82) is 0 Å². The maximum absolute atomic E-state index is 12.2. The highest BCUT2D eigenvalue weighted by Crippen LogP contribution is 2.31. The summed E-state index contributed by atoms with van der Waals surface area (Å²) in [6.45, 7) is 2.87. The van der Waals surface area contributed by atoms with Crippen LogP contribution in [0.5, 0.6) is 0 Å². The largest absolute Gasteiger partial charge is 0.481 e. The van der Waals surface area contributed by atoms with Gasteiger partial charge in [0.1, 0.15) is 0 Å². The van der Waals surface area contributed by atoms with Gasteiger partial charge in [-0.2, -0.15) is 0 Å². The predicted octanol–water partition coefficient (Wildman–Crippen LogP) is 2.98. The summed E-state index contributed by atoms with van der Waals surface area (Å²) in [6, 6.07) is 0. The summed E-state index contributed by atoms with van der Waals surface area (Å²) in [4.78, 5) is 22.6. The van der Waals surface area contributed by atoms with Gasteiger partial charge in [-0.3, -0.25) is 9.59 Å². The van der Waals surface area contributed by atoms with Gasteiger partial charge in [0.15, 0.2) is 0 Å². The van der Waals surface area contributed by atoms with Crippen LogP contribution in [0, 0.1) is 11.8 Å². The number of carboxylic acid groups (broad SMARTS) is 1. The number of hydrogen-bond donors (Lipinski definition) is 2. The quantitative estimate of drug-likeness (QED) is 0.608. The molecule has 22 heavy (non-hydrogen) atoms. The van der Waals surface area contributed by atoms with Gasteiger partial charge < -0.3 is 15.2 Å². The molecule has 5 heteroatoms. The van der Waals surface area contributed by atoms with Gasteiger partial charge in [-0.25, -0.2) is 0 Å². The SMILES string of the molecule is COC1CCC(C(=O)NCCCCCCCC(=O)O)C(C)C1. The molecule has 0 aromatic carbocycles. The van der Waals surface area contributed by atoms with E-state index in [0.717, 1.165) is 57.9 Å². The minimum atomic E-state index is -0.718. The summed E-state index contributed by atoms with van der Waals surface area (Å²) in [7, 11) is 1.74. The molecule has 0 aliphatic heterocycles. The second-order valence-corrected chi connectivity index (χ2v) is 6.46. The average molecular weight is 313 g/mol. The third kappa shape index (κ3) is 7.25. The summed E-state index contributed by atoms with van der Waals surface area (Å²) in [5.74, 6) is -0.0193. The Morgan fingerprint density at radius 3 is 2.45 bits per heavy atom. The fourth-order valence-corrected chi connectivity index (χ4v) is 3.22. The van der Waals surface area contributed by atoms with Crippen molar-refractivity contribution < 1.29 is 19.4 Å². The van der Waals surface area contributed by atoms with E-state index in [1.54, 1.807) is 7.11 Å². The minimum absolute atomic E-state index is 0.127. The minimum Gasteiger partial charge on any atom is -0.481 e. The first-order valence-electron chi connectivity index (χ1n) is 8.57. The molecule has 3 atom stereocenters. The molecule has 0 spiro atoms. The van der Waals surface area contributed by atoms with Gasteiger partial charge in [-0.05, 0) is 38.0 Å². The highest BCUT2D eigenvalue weighted by atomic mass is 16.5. The monoisotopic (exact) mass is 313 g/mol. The van der Waals surface area contributed by atoms with Crippen LogP contribution in [0.25, 0.3) is 0 Å². The van der Waals surface area contributed by atoms with Crippen molar-refractivity contribution in [1.82, 2.24) is 5.32 Å². The fraction of sp³-hybridized carbons (Fsp3) is 0.882. The van der Waals surface area contributed by atoms with E-state index < -0.39 is 5.97 Å². The van der Waals surface area contributed by atoms with Gasteiger partial charge in [-0.1, -0.05) is 26.2 Å². The van der Waals surface area contributed by atoms with Crippen LogP contribution in [0.15, 0.2) is 0 Å². The maximum Gasteiger partial charge on any atom is 0.303 e. The summed E-state index contributed by atoms with van der Waals surface area (Å²) < 4.78 is 5.38. The summed E-state index contributed by atoms with van der Waals surface area (Å²) in [5, 5.41) is 11.6. The number of carboxylic acids is 1. The van der Waals surface area contributed by atoms with Crippen molar-refractivity contribution in [3.8, 4) is 0 Å². The van der Waals surface area contributed by atoms with E-state index in [1.807, 2.05) is 0 Å². The van der Waals surface area contributed by atoms with Crippen molar-refractivity contribution in [2.75, 3.05) is 13.7 Å². The number of hydrogen-bond acceptors (Lipinski definition) is 3. The van der Waals surface area contributed by atoms with Crippen LogP contribution >= 0.6 is 0 Å². The maximum atomic E-state index is 12.2. The number of nitrogens with one attached hydrogen (secondary N) is 1. The van der Waals surface area contributed by atoms with Crippen LogP contribution in [-0.2, 0) is 14.3 Å². The second kappa shape index (κ2) is 10.6. The third-order valence-corrected chi connectivity index (χ3v) is 4.66. The van der Waals surface area contributed by atoms with E-state index >= 15 is 0 Å². The number of rotatable bonds is 10. The smallest absolute Gasteiger partial charge is 0.303 e. The number of carbonyl (C=O) groups is 2. The average Bonchev–Trinajstić information content (AvgIpc) is 2.49. The van der Waals surface area contributed by atoms with E-state index in [9.17, 15) is 9.59 Å². The van der Waals surface area contributed by atoms with Crippen LogP contribution in [0.4, 0.5) is 0 Å². The Bertz CT molecular complexity index is 346. The molecule has 1 fully saturated rings. The Hall–Kier alpha value is -1.10. The molecular formula is C17H31NO4. The molecule has 3 unspecified atom stereocenters. The molecule has 5 nitrogen and oxygen atoms in total. The predicted molar refractivity (Wildman–Crippen MR) is 85.6 cm³/mol. The zero-order valence-electron chi connectivity index (χ0n) is 14.0. The van der Waals surface area contributed by atoms with Gasteiger partial charge in [0.25, 0.3) is 0 Å². The van der Waals surface area contributed by atoms with Crippen LogP contribution in [-0.4, -0.2) is 36.7 Å². The molecule has 1 aliphatic carbocycles. The highest BCUT2D eigenvalue weighted by Gasteiger charge is 2.31. The highest BCUT2D eigenvalue weighted by molar-refractivity contribution is 5.79. The molecule has 0 radical (unpaired) electrons. The molecule has 128 valence electrons. The molecule has 1 aliphatic rings. The van der Waals surface area contributed by atoms with Crippen LogP contribution < -0.4 is 5.32 Å². The van der Waals surface area contributed by atoms with E-state index in [4.69, 9.17) is 9.84 Å². The Labute approximate surface area is 133 Å². The molecule has 1 saturated carbocycles.